The van der Waals surface area contributed by atoms with Gasteiger partial charge in [0.05, 0.1) is 6.26 Å². The summed E-state index contributed by atoms with van der Waals surface area (Å²) >= 11 is 0. The minimum absolute atomic E-state index is 0.0275. The van der Waals surface area contributed by atoms with E-state index in [-0.39, 0.29) is 5.57 Å². The van der Waals surface area contributed by atoms with Crippen LogP contribution in [-0.2, 0) is 19.6 Å². The fraction of sp³-hybridized carbons (Fsp3) is 0.750. The highest BCUT2D eigenvalue weighted by Crippen LogP contribution is 2.08. The van der Waals surface area contributed by atoms with Crippen LogP contribution in [0.2, 0.25) is 0 Å². The molecule has 1 amide bonds. The molecule has 0 radical (unpaired) electrons. The number of piperazine rings is 1. The maximum atomic E-state index is 12.0. The van der Waals surface area contributed by atoms with Gasteiger partial charge in [-0.2, -0.15) is 9.57 Å². The molecular weight excluding hydrogens is 344 g/mol. The molecular formula is C16H28N4O4S. The van der Waals surface area contributed by atoms with Gasteiger partial charge in [0.25, 0.3) is 5.91 Å². The van der Waals surface area contributed by atoms with Crippen LogP contribution in [0.1, 0.15) is 26.2 Å². The summed E-state index contributed by atoms with van der Waals surface area (Å²) in [6.45, 7) is 5.47. The standard InChI is InChI=1S/C16H28N4O4S/c1-3-4-11-24-12-5-6-18-16(21)15(13-17)14-19-7-9-20(10-8-19)25(2,22)23/h14H,3-12H2,1-2H3,(H,18,21)/b15-14-. The number of nitrogens with zero attached hydrogens (tertiary/aromatic N) is 3. The number of carbonyl (C=O) groups excluding carboxylic acids is 1. The monoisotopic (exact) mass is 372 g/mol. The van der Waals surface area contributed by atoms with Gasteiger partial charge >= 0.3 is 0 Å². The smallest absolute Gasteiger partial charge is 0.263 e. The average molecular weight is 372 g/mol. The molecule has 9 heteroatoms. The van der Waals surface area contributed by atoms with Gasteiger partial charge in [-0.05, 0) is 12.8 Å². The van der Waals surface area contributed by atoms with Crippen molar-refractivity contribution in [3.05, 3.63) is 11.8 Å². The van der Waals surface area contributed by atoms with Crippen molar-refractivity contribution < 1.29 is 17.9 Å². The van der Waals surface area contributed by atoms with Crippen molar-refractivity contribution in [2.75, 3.05) is 52.2 Å². The van der Waals surface area contributed by atoms with Crippen molar-refractivity contribution in [2.24, 2.45) is 0 Å². The number of unbranched alkanes of at least 4 members (excludes halogenated alkanes) is 1. The highest BCUT2D eigenvalue weighted by Gasteiger charge is 2.22. The quantitative estimate of drug-likeness (QED) is 0.336. The topological polar surface area (TPSA) is 103 Å². The van der Waals surface area contributed by atoms with Crippen molar-refractivity contribution in [2.45, 2.75) is 26.2 Å². The van der Waals surface area contributed by atoms with E-state index in [1.807, 2.05) is 6.07 Å². The lowest BCUT2D eigenvalue weighted by Crippen LogP contribution is -2.46. The van der Waals surface area contributed by atoms with Gasteiger partial charge in [-0.1, -0.05) is 13.3 Å². The minimum Gasteiger partial charge on any atom is -0.381 e. The summed E-state index contributed by atoms with van der Waals surface area (Å²) in [5, 5.41) is 11.9. The third-order valence-electron chi connectivity index (χ3n) is 3.81. The Balaban J connectivity index is 2.36. The molecule has 0 aliphatic carbocycles. The second-order valence-corrected chi connectivity index (χ2v) is 7.91. The van der Waals surface area contributed by atoms with Gasteiger partial charge in [-0.25, -0.2) is 8.42 Å². The van der Waals surface area contributed by atoms with Crippen LogP contribution >= 0.6 is 0 Å². The first kappa shape index (κ1) is 21.4. The molecule has 8 nitrogen and oxygen atoms in total. The molecule has 0 spiro atoms. The van der Waals surface area contributed by atoms with Crippen LogP contribution < -0.4 is 5.32 Å². The van der Waals surface area contributed by atoms with Crippen molar-refractivity contribution in [1.29, 1.82) is 5.26 Å². The van der Waals surface area contributed by atoms with Crippen molar-refractivity contribution >= 4 is 15.9 Å². The minimum atomic E-state index is -3.19. The number of rotatable bonds is 10. The molecule has 0 bridgehead atoms. The molecule has 0 saturated carbocycles. The Morgan fingerprint density at radius 2 is 1.88 bits per heavy atom. The molecule has 0 atom stereocenters. The third kappa shape index (κ3) is 8.34. The molecule has 0 aromatic carbocycles. The maximum Gasteiger partial charge on any atom is 0.263 e. The molecule has 1 rings (SSSR count). The van der Waals surface area contributed by atoms with Gasteiger partial charge in [-0.3, -0.25) is 4.79 Å². The Bertz CT molecular complexity index is 590. The molecule has 1 aliphatic rings. The third-order valence-corrected chi connectivity index (χ3v) is 5.12. The molecule has 0 aromatic heterocycles. The number of sulfonamides is 1. The normalized spacial score (nSPS) is 16.5. The Morgan fingerprint density at radius 1 is 1.24 bits per heavy atom. The Labute approximate surface area is 150 Å². The fourth-order valence-corrected chi connectivity index (χ4v) is 3.13. The van der Waals surface area contributed by atoms with Gasteiger partial charge < -0.3 is 15.0 Å². The maximum absolute atomic E-state index is 12.0. The molecule has 25 heavy (non-hydrogen) atoms. The van der Waals surface area contributed by atoms with Crippen molar-refractivity contribution in [3.63, 3.8) is 0 Å². The summed E-state index contributed by atoms with van der Waals surface area (Å²) in [5.74, 6) is -0.415. The molecule has 1 aliphatic heterocycles. The fourth-order valence-electron chi connectivity index (χ4n) is 2.30. The average Bonchev–Trinajstić information content (AvgIpc) is 2.58. The van der Waals surface area contributed by atoms with Crippen molar-refractivity contribution in [1.82, 2.24) is 14.5 Å². The summed E-state index contributed by atoms with van der Waals surface area (Å²) < 4.78 is 29.7. The molecule has 1 saturated heterocycles. The number of amides is 1. The largest absolute Gasteiger partial charge is 0.381 e. The van der Waals surface area contributed by atoms with Gasteiger partial charge in [0.1, 0.15) is 11.6 Å². The Kier molecular flexibility index (Phi) is 9.49. The molecule has 0 aromatic rings. The number of hydrogen-bond donors (Lipinski definition) is 1. The predicted molar refractivity (Wildman–Crippen MR) is 95.0 cm³/mol. The summed E-state index contributed by atoms with van der Waals surface area (Å²) in [6.07, 6.45) is 5.50. The number of nitrogens with one attached hydrogen (secondary N) is 1. The molecule has 1 N–H and O–H groups in total. The van der Waals surface area contributed by atoms with E-state index >= 15 is 0 Å². The van der Waals surface area contributed by atoms with Crippen LogP contribution in [0.4, 0.5) is 0 Å². The van der Waals surface area contributed by atoms with E-state index in [1.54, 1.807) is 4.90 Å². The van der Waals surface area contributed by atoms with Crippen LogP contribution in [0.25, 0.3) is 0 Å². The lowest BCUT2D eigenvalue weighted by atomic mass is 10.2. The zero-order chi connectivity index (χ0) is 18.7. The van der Waals surface area contributed by atoms with E-state index < -0.39 is 15.9 Å². The molecule has 0 unspecified atom stereocenters. The Hall–Kier alpha value is -1.63. The molecule has 1 heterocycles. The Morgan fingerprint density at radius 3 is 2.44 bits per heavy atom. The number of hydrogen-bond acceptors (Lipinski definition) is 6. The van der Waals surface area contributed by atoms with Crippen LogP contribution in [0, 0.1) is 11.3 Å². The van der Waals surface area contributed by atoms with Crippen LogP contribution in [0.15, 0.2) is 11.8 Å². The van der Waals surface area contributed by atoms with Crippen molar-refractivity contribution in [3.8, 4) is 6.07 Å². The first-order valence-corrected chi connectivity index (χ1v) is 10.4. The predicted octanol–water partition coefficient (Wildman–Crippen LogP) is 0.294. The first-order valence-electron chi connectivity index (χ1n) is 8.55. The number of carbonyl (C=O) groups is 1. The second kappa shape index (κ2) is 11.1. The van der Waals surface area contributed by atoms with Crippen LogP contribution in [0.3, 0.4) is 0 Å². The van der Waals surface area contributed by atoms with Gasteiger partial charge in [0.2, 0.25) is 10.0 Å². The summed E-state index contributed by atoms with van der Waals surface area (Å²) in [7, 11) is -3.19. The summed E-state index contributed by atoms with van der Waals surface area (Å²) in [6, 6.07) is 1.90. The summed E-state index contributed by atoms with van der Waals surface area (Å²) in [5.41, 5.74) is 0.0275. The highest BCUT2D eigenvalue weighted by molar-refractivity contribution is 7.88. The SMILES string of the molecule is CCCCOCCCNC(=O)/C(C#N)=C\N1CCN(S(C)(=O)=O)CC1. The zero-order valence-corrected chi connectivity index (χ0v) is 15.8. The van der Waals surface area contributed by atoms with Gasteiger partial charge in [0.15, 0.2) is 0 Å². The van der Waals surface area contributed by atoms with E-state index in [0.29, 0.717) is 45.8 Å². The zero-order valence-electron chi connectivity index (χ0n) is 15.0. The van der Waals surface area contributed by atoms with Gasteiger partial charge in [0, 0.05) is 52.1 Å². The second-order valence-electron chi connectivity index (χ2n) is 5.93. The van der Waals surface area contributed by atoms with E-state index in [1.165, 1.54) is 16.8 Å². The van der Waals surface area contributed by atoms with Crippen LogP contribution in [0.5, 0.6) is 0 Å². The highest BCUT2D eigenvalue weighted by atomic mass is 32.2. The molecule has 142 valence electrons. The van der Waals surface area contributed by atoms with E-state index in [2.05, 4.69) is 12.2 Å². The van der Waals surface area contributed by atoms with E-state index in [0.717, 1.165) is 19.4 Å². The van der Waals surface area contributed by atoms with Crippen LogP contribution in [-0.4, -0.2) is 75.7 Å². The molecule has 1 fully saturated rings. The van der Waals surface area contributed by atoms with E-state index in [4.69, 9.17) is 4.74 Å². The first-order chi connectivity index (χ1) is 11.9. The lowest BCUT2D eigenvalue weighted by molar-refractivity contribution is -0.117. The van der Waals surface area contributed by atoms with E-state index in [9.17, 15) is 18.5 Å². The number of nitriles is 1. The van der Waals surface area contributed by atoms with Gasteiger partial charge in [-0.15, -0.1) is 0 Å². The summed E-state index contributed by atoms with van der Waals surface area (Å²) in [4.78, 5) is 13.8. The number of ether oxygens (including phenoxy) is 1. The lowest BCUT2D eigenvalue weighted by Gasteiger charge is -2.32.